The Bertz CT molecular complexity index is 249. The average molecular weight is 237 g/mol. The SMILES string of the molecule is CCOP(=O)(OCC)C(=O)NC(C)(C)C. The number of carbonyl (C=O) groups is 1. The van der Waals surface area contributed by atoms with Crippen LogP contribution in [0.2, 0.25) is 0 Å². The second-order valence-electron chi connectivity index (χ2n) is 4.01. The Morgan fingerprint density at radius 1 is 1.20 bits per heavy atom. The number of amides is 1. The zero-order valence-electron chi connectivity index (χ0n) is 9.99. The molecule has 90 valence electrons. The van der Waals surface area contributed by atoms with Crippen molar-refractivity contribution in [3.63, 3.8) is 0 Å². The van der Waals surface area contributed by atoms with Crippen LogP contribution in [0.3, 0.4) is 0 Å². The van der Waals surface area contributed by atoms with Crippen LogP contribution in [0.5, 0.6) is 0 Å². The number of nitrogens with one attached hydrogen (secondary N) is 1. The molecule has 6 heteroatoms. The molecule has 0 unspecified atom stereocenters. The Labute approximate surface area is 91.1 Å². The molecule has 0 saturated carbocycles. The van der Waals surface area contributed by atoms with Gasteiger partial charge in [-0.2, -0.15) is 0 Å². The van der Waals surface area contributed by atoms with Crippen molar-refractivity contribution in [1.82, 2.24) is 5.32 Å². The fraction of sp³-hybridized carbons (Fsp3) is 0.889. The van der Waals surface area contributed by atoms with Gasteiger partial charge >= 0.3 is 13.2 Å². The molecule has 0 aromatic rings. The van der Waals surface area contributed by atoms with E-state index in [-0.39, 0.29) is 13.2 Å². The van der Waals surface area contributed by atoms with Crippen LogP contribution in [0.15, 0.2) is 0 Å². The average Bonchev–Trinajstić information content (AvgIpc) is 2.01. The van der Waals surface area contributed by atoms with Crippen LogP contribution < -0.4 is 5.32 Å². The quantitative estimate of drug-likeness (QED) is 0.747. The molecule has 0 aromatic heterocycles. The van der Waals surface area contributed by atoms with Crippen LogP contribution in [0, 0.1) is 0 Å². The molecule has 1 N–H and O–H groups in total. The maximum Gasteiger partial charge on any atom is 0.418 e. The van der Waals surface area contributed by atoms with Gasteiger partial charge in [0.05, 0.1) is 13.2 Å². The summed E-state index contributed by atoms with van der Waals surface area (Å²) in [5.74, 6) is 0. The van der Waals surface area contributed by atoms with Gasteiger partial charge in [0.2, 0.25) is 0 Å². The largest absolute Gasteiger partial charge is 0.418 e. The molecule has 5 nitrogen and oxygen atoms in total. The van der Waals surface area contributed by atoms with Gasteiger partial charge in [-0.15, -0.1) is 0 Å². The van der Waals surface area contributed by atoms with Crippen LogP contribution in [-0.4, -0.2) is 24.4 Å². The second-order valence-corrected chi connectivity index (χ2v) is 5.93. The molecule has 0 rings (SSSR count). The first-order valence-electron chi connectivity index (χ1n) is 4.97. The standard InChI is InChI=1S/C9H20NO4P/c1-6-13-15(12,14-7-2)8(11)10-9(3,4)5/h6-7H2,1-5H3,(H,10,11). The predicted molar refractivity (Wildman–Crippen MR) is 59.1 cm³/mol. The fourth-order valence-corrected chi connectivity index (χ4v) is 2.34. The molecule has 0 saturated heterocycles. The summed E-state index contributed by atoms with van der Waals surface area (Å²) < 4.78 is 21.7. The van der Waals surface area contributed by atoms with E-state index in [4.69, 9.17) is 9.05 Å². The molecular weight excluding hydrogens is 217 g/mol. The van der Waals surface area contributed by atoms with E-state index in [0.717, 1.165) is 0 Å². The first kappa shape index (κ1) is 14.6. The maximum atomic E-state index is 11.9. The lowest BCUT2D eigenvalue weighted by Crippen LogP contribution is -2.40. The van der Waals surface area contributed by atoms with Gasteiger partial charge in [0, 0.05) is 5.54 Å². The first-order chi connectivity index (χ1) is 6.75. The van der Waals surface area contributed by atoms with Crippen molar-refractivity contribution in [3.05, 3.63) is 0 Å². The number of carbonyl (C=O) groups excluding carboxylic acids is 1. The third kappa shape index (κ3) is 5.30. The van der Waals surface area contributed by atoms with Gasteiger partial charge in [0.25, 0.3) is 0 Å². The maximum absolute atomic E-state index is 11.9. The van der Waals surface area contributed by atoms with Gasteiger partial charge in [-0.25, -0.2) is 4.57 Å². The normalized spacial score (nSPS) is 12.6. The molecule has 0 aliphatic carbocycles. The minimum absolute atomic E-state index is 0.175. The van der Waals surface area contributed by atoms with Gasteiger partial charge in [0.1, 0.15) is 0 Å². The van der Waals surface area contributed by atoms with Crippen molar-refractivity contribution in [2.24, 2.45) is 0 Å². The fourth-order valence-electron chi connectivity index (χ4n) is 0.884. The molecule has 1 amide bonds. The summed E-state index contributed by atoms with van der Waals surface area (Å²) in [5, 5.41) is 2.58. The lowest BCUT2D eigenvalue weighted by molar-refractivity contribution is 0.203. The summed E-state index contributed by atoms with van der Waals surface area (Å²) in [5.41, 5.74) is -1.14. The van der Waals surface area contributed by atoms with Crippen molar-refractivity contribution in [3.8, 4) is 0 Å². The third-order valence-corrected chi connectivity index (χ3v) is 3.13. The summed E-state index contributed by atoms with van der Waals surface area (Å²) in [6.07, 6.45) is 0. The van der Waals surface area contributed by atoms with Crippen LogP contribution in [0.1, 0.15) is 34.6 Å². The smallest absolute Gasteiger partial charge is 0.341 e. The molecule has 0 heterocycles. The summed E-state index contributed by atoms with van der Waals surface area (Å²) in [6, 6.07) is 0. The van der Waals surface area contributed by atoms with E-state index >= 15 is 0 Å². The zero-order chi connectivity index (χ0) is 12.1. The van der Waals surface area contributed by atoms with E-state index in [1.807, 2.05) is 0 Å². The minimum Gasteiger partial charge on any atom is -0.341 e. The monoisotopic (exact) mass is 237 g/mol. The minimum atomic E-state index is -3.66. The summed E-state index contributed by atoms with van der Waals surface area (Å²) in [7, 11) is -3.66. The number of rotatable bonds is 5. The van der Waals surface area contributed by atoms with Crippen LogP contribution in [0.25, 0.3) is 0 Å². The summed E-state index contributed by atoms with van der Waals surface area (Å²) in [6.45, 7) is 9.07. The topological polar surface area (TPSA) is 64.6 Å². The Hall–Kier alpha value is -0.380. The van der Waals surface area contributed by atoms with Gasteiger partial charge in [-0.05, 0) is 34.6 Å². The molecular formula is C9H20NO4P. The van der Waals surface area contributed by atoms with E-state index in [1.54, 1.807) is 34.6 Å². The highest BCUT2D eigenvalue weighted by atomic mass is 31.2. The third-order valence-electron chi connectivity index (χ3n) is 1.33. The Balaban J connectivity index is 4.63. The highest BCUT2D eigenvalue weighted by Gasteiger charge is 2.36. The van der Waals surface area contributed by atoms with E-state index in [0.29, 0.717) is 0 Å². The molecule has 0 aliphatic heterocycles. The van der Waals surface area contributed by atoms with Crippen molar-refractivity contribution in [2.75, 3.05) is 13.2 Å². The van der Waals surface area contributed by atoms with Crippen LogP contribution in [-0.2, 0) is 13.6 Å². The Kier molecular flexibility index (Phi) is 5.49. The molecule has 0 aromatic carbocycles. The predicted octanol–water partition coefficient (Wildman–Crippen LogP) is 2.76. The van der Waals surface area contributed by atoms with E-state index < -0.39 is 18.8 Å². The Morgan fingerprint density at radius 2 is 1.60 bits per heavy atom. The number of hydrogen-bond donors (Lipinski definition) is 1. The van der Waals surface area contributed by atoms with E-state index in [1.165, 1.54) is 0 Å². The molecule has 0 aliphatic rings. The molecule has 0 bridgehead atoms. The lowest BCUT2D eigenvalue weighted by atomic mass is 10.1. The van der Waals surface area contributed by atoms with Gasteiger partial charge in [-0.1, -0.05) is 0 Å². The van der Waals surface area contributed by atoms with Crippen molar-refractivity contribution < 1.29 is 18.4 Å². The molecule has 0 radical (unpaired) electrons. The van der Waals surface area contributed by atoms with Gasteiger partial charge in [0.15, 0.2) is 0 Å². The van der Waals surface area contributed by atoms with Crippen molar-refractivity contribution in [2.45, 2.75) is 40.2 Å². The number of hydrogen-bond acceptors (Lipinski definition) is 4. The molecule has 0 atom stereocenters. The van der Waals surface area contributed by atoms with E-state index in [2.05, 4.69) is 5.32 Å². The highest BCUT2D eigenvalue weighted by Crippen LogP contribution is 2.48. The molecule has 0 fully saturated rings. The summed E-state index contributed by atoms with van der Waals surface area (Å²) >= 11 is 0. The second kappa shape index (κ2) is 5.64. The van der Waals surface area contributed by atoms with Crippen molar-refractivity contribution in [1.29, 1.82) is 0 Å². The van der Waals surface area contributed by atoms with Crippen LogP contribution >= 0.6 is 7.60 Å². The van der Waals surface area contributed by atoms with Crippen LogP contribution in [0.4, 0.5) is 4.79 Å². The Morgan fingerprint density at radius 3 is 1.87 bits per heavy atom. The van der Waals surface area contributed by atoms with Gasteiger partial charge < -0.3 is 14.4 Å². The summed E-state index contributed by atoms with van der Waals surface area (Å²) in [4.78, 5) is 11.6. The lowest BCUT2D eigenvalue weighted by Gasteiger charge is -2.23. The van der Waals surface area contributed by atoms with Crippen molar-refractivity contribution >= 4 is 13.2 Å². The highest BCUT2D eigenvalue weighted by molar-refractivity contribution is 7.71. The van der Waals surface area contributed by atoms with E-state index in [9.17, 15) is 9.36 Å². The molecule has 0 spiro atoms. The van der Waals surface area contributed by atoms with Gasteiger partial charge in [-0.3, -0.25) is 4.79 Å². The molecule has 15 heavy (non-hydrogen) atoms. The first-order valence-corrected chi connectivity index (χ1v) is 6.51. The zero-order valence-corrected chi connectivity index (χ0v) is 10.9.